The second kappa shape index (κ2) is 6.97. The molecule has 0 aliphatic rings. The number of halogens is 6. The zero-order chi connectivity index (χ0) is 16.1. The van der Waals surface area contributed by atoms with Crippen LogP contribution in [-0.2, 0) is 17.1 Å². The molecule has 1 rings (SSSR count). The van der Waals surface area contributed by atoms with Crippen LogP contribution in [0.4, 0.5) is 26.3 Å². The first-order valence-electron chi connectivity index (χ1n) is 5.88. The lowest BCUT2D eigenvalue weighted by Gasteiger charge is -2.17. The molecule has 0 heterocycles. The zero-order valence-corrected chi connectivity index (χ0v) is 11.5. The van der Waals surface area contributed by atoms with E-state index in [1.807, 2.05) is 13.8 Å². The molecule has 0 aliphatic heterocycles. The highest BCUT2D eigenvalue weighted by molar-refractivity contribution is 5.34. The molecule has 20 heavy (non-hydrogen) atoms. The summed E-state index contributed by atoms with van der Waals surface area (Å²) >= 11 is 0. The molecule has 0 radical (unpaired) electrons. The Kier molecular flexibility index (Phi) is 6.53. The zero-order valence-electron chi connectivity index (χ0n) is 11.5. The average Bonchev–Trinajstić information content (AvgIpc) is 2.37. The van der Waals surface area contributed by atoms with Crippen molar-refractivity contribution in [3.8, 4) is 0 Å². The van der Waals surface area contributed by atoms with Gasteiger partial charge < -0.3 is 4.74 Å². The van der Waals surface area contributed by atoms with E-state index in [4.69, 9.17) is 4.74 Å². The van der Waals surface area contributed by atoms with Gasteiger partial charge in [0.2, 0.25) is 0 Å². The minimum atomic E-state index is -4.83. The molecule has 1 atom stereocenters. The molecule has 1 unspecified atom stereocenters. The van der Waals surface area contributed by atoms with Crippen LogP contribution in [0.5, 0.6) is 0 Å². The van der Waals surface area contributed by atoms with Gasteiger partial charge in [0, 0.05) is 7.11 Å². The Morgan fingerprint density at radius 1 is 0.850 bits per heavy atom. The van der Waals surface area contributed by atoms with Crippen molar-refractivity contribution in [3.05, 3.63) is 34.9 Å². The lowest BCUT2D eigenvalue weighted by Crippen LogP contribution is -2.12. The number of hydrogen-bond acceptors (Lipinski definition) is 1. The van der Waals surface area contributed by atoms with Crippen LogP contribution in [0.15, 0.2) is 18.2 Å². The van der Waals surface area contributed by atoms with Crippen molar-refractivity contribution in [1.82, 2.24) is 0 Å². The van der Waals surface area contributed by atoms with Gasteiger partial charge in [-0.1, -0.05) is 13.8 Å². The van der Waals surface area contributed by atoms with Crippen molar-refractivity contribution in [1.29, 1.82) is 0 Å². The third-order valence-corrected chi connectivity index (χ3v) is 2.43. The summed E-state index contributed by atoms with van der Waals surface area (Å²) in [5.74, 6) is 0. The third kappa shape index (κ3) is 5.03. The predicted octanol–water partition coefficient (Wildman–Crippen LogP) is 5.46. The van der Waals surface area contributed by atoms with Crippen LogP contribution in [0.2, 0.25) is 0 Å². The maximum Gasteiger partial charge on any atom is 0.416 e. The molecule has 116 valence electrons. The molecule has 0 amide bonds. The molecule has 1 nitrogen and oxygen atoms in total. The minimum absolute atomic E-state index is 0.0892. The van der Waals surface area contributed by atoms with Crippen molar-refractivity contribution < 1.29 is 31.1 Å². The molecule has 0 bridgehead atoms. The summed E-state index contributed by atoms with van der Waals surface area (Å²) in [4.78, 5) is 0. The van der Waals surface area contributed by atoms with Gasteiger partial charge in [0.1, 0.15) is 0 Å². The fourth-order valence-corrected chi connectivity index (χ4v) is 1.35. The van der Waals surface area contributed by atoms with Gasteiger partial charge in [0.25, 0.3) is 0 Å². The summed E-state index contributed by atoms with van der Waals surface area (Å²) < 4.78 is 79.7. The van der Waals surface area contributed by atoms with E-state index in [0.717, 1.165) is 0 Å². The van der Waals surface area contributed by atoms with Gasteiger partial charge in [-0.15, -0.1) is 0 Å². The Morgan fingerprint density at radius 3 is 1.45 bits per heavy atom. The molecular formula is C13H16F6O. The van der Waals surface area contributed by atoms with Gasteiger partial charge in [-0.05, 0) is 30.7 Å². The highest BCUT2D eigenvalue weighted by Crippen LogP contribution is 2.37. The van der Waals surface area contributed by atoms with E-state index in [9.17, 15) is 26.3 Å². The highest BCUT2D eigenvalue weighted by Gasteiger charge is 2.37. The summed E-state index contributed by atoms with van der Waals surface area (Å²) in [6, 6.07) is 1.40. The van der Waals surface area contributed by atoms with Crippen LogP contribution >= 0.6 is 0 Å². The van der Waals surface area contributed by atoms with E-state index >= 15 is 0 Å². The van der Waals surface area contributed by atoms with E-state index in [0.29, 0.717) is 12.1 Å². The molecular weight excluding hydrogens is 286 g/mol. The maximum absolute atomic E-state index is 12.5. The van der Waals surface area contributed by atoms with Crippen LogP contribution in [-0.4, -0.2) is 7.11 Å². The summed E-state index contributed by atoms with van der Waals surface area (Å²) in [7, 11) is 1.21. The Morgan fingerprint density at radius 2 is 1.20 bits per heavy atom. The van der Waals surface area contributed by atoms with Gasteiger partial charge in [-0.2, -0.15) is 26.3 Å². The Labute approximate surface area is 113 Å². The van der Waals surface area contributed by atoms with Crippen LogP contribution < -0.4 is 0 Å². The second-order valence-electron chi connectivity index (χ2n) is 3.72. The Balaban J connectivity index is 0.00000172. The first kappa shape index (κ1) is 18.8. The SMILES string of the molecule is CC.COC(C)c1cc(C(F)(F)F)cc(C(F)(F)F)c1. The topological polar surface area (TPSA) is 9.23 Å². The molecule has 0 aliphatic carbocycles. The van der Waals surface area contributed by atoms with Crippen molar-refractivity contribution in [2.24, 2.45) is 0 Å². The Bertz CT molecular complexity index is 390. The van der Waals surface area contributed by atoms with Crippen LogP contribution in [0, 0.1) is 0 Å². The molecule has 1 aromatic rings. The fourth-order valence-electron chi connectivity index (χ4n) is 1.35. The standard InChI is InChI=1S/C11H10F6O.C2H6/c1-6(18-2)7-3-8(10(12,13)14)5-9(4-7)11(15,16)17;1-2/h3-6H,1-2H3;1-2H3. The smallest absolute Gasteiger partial charge is 0.377 e. The first-order valence-corrected chi connectivity index (χ1v) is 5.88. The average molecular weight is 302 g/mol. The van der Waals surface area contributed by atoms with Gasteiger partial charge in [0.05, 0.1) is 17.2 Å². The molecule has 0 N–H and O–H groups in total. The van der Waals surface area contributed by atoms with Gasteiger partial charge in [-0.25, -0.2) is 0 Å². The molecule has 0 spiro atoms. The number of benzene rings is 1. The van der Waals surface area contributed by atoms with Crippen LogP contribution in [0.25, 0.3) is 0 Å². The molecule has 7 heteroatoms. The highest BCUT2D eigenvalue weighted by atomic mass is 19.4. The number of alkyl halides is 6. The number of rotatable bonds is 2. The fraction of sp³-hybridized carbons (Fsp3) is 0.538. The number of hydrogen-bond donors (Lipinski definition) is 0. The lowest BCUT2D eigenvalue weighted by atomic mass is 10.0. The summed E-state index contributed by atoms with van der Waals surface area (Å²) in [6.07, 6.45) is -10.5. The van der Waals surface area contributed by atoms with Crippen molar-refractivity contribution in [2.75, 3.05) is 7.11 Å². The Hall–Kier alpha value is -1.24. The minimum Gasteiger partial charge on any atom is -0.377 e. The largest absolute Gasteiger partial charge is 0.416 e. The first-order chi connectivity index (χ1) is 9.05. The van der Waals surface area contributed by atoms with E-state index < -0.39 is 29.6 Å². The van der Waals surface area contributed by atoms with Gasteiger partial charge in [0.15, 0.2) is 0 Å². The normalized spacial score (nSPS) is 13.5. The quantitative estimate of drug-likeness (QED) is 0.659. The molecule has 1 aromatic carbocycles. The van der Waals surface area contributed by atoms with Crippen molar-refractivity contribution in [3.63, 3.8) is 0 Å². The summed E-state index contributed by atoms with van der Waals surface area (Å²) in [5, 5.41) is 0. The van der Waals surface area contributed by atoms with Crippen molar-refractivity contribution >= 4 is 0 Å². The molecule has 0 aromatic heterocycles. The van der Waals surface area contributed by atoms with E-state index in [2.05, 4.69) is 0 Å². The monoisotopic (exact) mass is 302 g/mol. The van der Waals surface area contributed by atoms with E-state index in [1.54, 1.807) is 0 Å². The molecule has 0 saturated carbocycles. The maximum atomic E-state index is 12.5. The van der Waals surface area contributed by atoms with E-state index in [-0.39, 0.29) is 11.6 Å². The third-order valence-electron chi connectivity index (χ3n) is 2.43. The predicted molar refractivity (Wildman–Crippen MR) is 63.2 cm³/mol. The van der Waals surface area contributed by atoms with Gasteiger partial charge in [-0.3, -0.25) is 0 Å². The van der Waals surface area contributed by atoms with Gasteiger partial charge >= 0.3 is 12.4 Å². The van der Waals surface area contributed by atoms with Crippen LogP contribution in [0.3, 0.4) is 0 Å². The van der Waals surface area contributed by atoms with Crippen molar-refractivity contribution in [2.45, 2.75) is 39.2 Å². The molecule has 0 saturated heterocycles. The van der Waals surface area contributed by atoms with E-state index in [1.165, 1.54) is 14.0 Å². The second-order valence-corrected chi connectivity index (χ2v) is 3.72. The molecule has 0 fully saturated rings. The summed E-state index contributed by atoms with van der Waals surface area (Å²) in [6.45, 7) is 5.37. The summed E-state index contributed by atoms with van der Waals surface area (Å²) in [5.41, 5.74) is -2.84. The number of methoxy groups -OCH3 is 1. The lowest BCUT2D eigenvalue weighted by molar-refractivity contribution is -0.143. The number of ether oxygens (including phenoxy) is 1. The van der Waals surface area contributed by atoms with Crippen LogP contribution in [0.1, 0.15) is 43.6 Å².